The number of aromatic nitrogens is 3. The van der Waals surface area contributed by atoms with Crippen LogP contribution >= 0.6 is 23.2 Å². The zero-order valence-corrected chi connectivity index (χ0v) is 13.5. The molecule has 0 N–H and O–H groups in total. The van der Waals surface area contributed by atoms with Gasteiger partial charge in [-0.05, 0) is 31.2 Å². The first-order chi connectivity index (χ1) is 9.40. The number of alkyl halides is 1. The molecule has 0 amide bonds. The van der Waals surface area contributed by atoms with Gasteiger partial charge in [0.15, 0.2) is 5.65 Å². The van der Waals surface area contributed by atoms with Crippen LogP contribution in [0.25, 0.3) is 11.2 Å². The van der Waals surface area contributed by atoms with Crippen LogP contribution in [0, 0.1) is 5.41 Å². The minimum absolute atomic E-state index is 0.139. The third-order valence-corrected chi connectivity index (χ3v) is 4.79. The van der Waals surface area contributed by atoms with E-state index in [1.165, 1.54) is 12.8 Å². The number of hydrogen-bond donors (Lipinski definition) is 0. The molecule has 2 aromatic rings. The first-order valence-corrected chi connectivity index (χ1v) is 7.89. The van der Waals surface area contributed by atoms with Gasteiger partial charge >= 0.3 is 0 Å². The molecule has 1 fully saturated rings. The largest absolute Gasteiger partial charge is 0.308 e. The van der Waals surface area contributed by atoms with E-state index in [4.69, 9.17) is 23.2 Å². The maximum absolute atomic E-state index is 6.35. The number of halogens is 2. The average molecular weight is 312 g/mol. The first kappa shape index (κ1) is 14.2. The molecule has 1 aliphatic rings. The van der Waals surface area contributed by atoms with Gasteiger partial charge < -0.3 is 4.57 Å². The van der Waals surface area contributed by atoms with E-state index >= 15 is 0 Å². The van der Waals surface area contributed by atoms with E-state index in [0.717, 1.165) is 23.4 Å². The molecule has 0 bridgehead atoms. The third kappa shape index (κ3) is 2.21. The Hall–Kier alpha value is -0.800. The van der Waals surface area contributed by atoms with Crippen molar-refractivity contribution in [3.8, 4) is 0 Å². The Morgan fingerprint density at radius 2 is 2.20 bits per heavy atom. The van der Waals surface area contributed by atoms with E-state index in [1.807, 2.05) is 13.0 Å². The maximum atomic E-state index is 6.35. The van der Waals surface area contributed by atoms with Gasteiger partial charge in [-0.3, -0.25) is 0 Å². The molecule has 0 aliphatic heterocycles. The fraction of sp³-hybridized carbons (Fsp3) is 0.600. The standard InChI is InChI=1S/C15H19Cl2N3/c1-9(16)13-19-11-7-10(17)8-18-14(11)20(13)12-5-4-6-15(12,2)3/h7-9,12H,4-6H2,1-3H3. The average Bonchev–Trinajstić information content (AvgIpc) is 2.88. The number of nitrogens with zero attached hydrogens (tertiary/aromatic N) is 3. The molecule has 0 aromatic carbocycles. The van der Waals surface area contributed by atoms with Gasteiger partial charge in [0.2, 0.25) is 0 Å². The van der Waals surface area contributed by atoms with E-state index in [1.54, 1.807) is 6.20 Å². The molecule has 5 heteroatoms. The summed E-state index contributed by atoms with van der Waals surface area (Å²) < 4.78 is 2.25. The van der Waals surface area contributed by atoms with Crippen molar-refractivity contribution in [2.45, 2.75) is 51.5 Å². The van der Waals surface area contributed by atoms with Gasteiger partial charge in [0, 0.05) is 12.2 Å². The van der Waals surface area contributed by atoms with Gasteiger partial charge in [-0.2, -0.15) is 0 Å². The second-order valence-corrected chi connectivity index (χ2v) is 7.44. The molecule has 3 nitrogen and oxygen atoms in total. The lowest BCUT2D eigenvalue weighted by atomic mass is 9.87. The quantitative estimate of drug-likeness (QED) is 0.719. The molecular weight excluding hydrogens is 293 g/mol. The summed E-state index contributed by atoms with van der Waals surface area (Å²) in [6.45, 7) is 6.59. The van der Waals surface area contributed by atoms with Crippen molar-refractivity contribution < 1.29 is 0 Å². The number of hydrogen-bond acceptors (Lipinski definition) is 2. The molecule has 1 saturated carbocycles. The molecule has 2 atom stereocenters. The van der Waals surface area contributed by atoms with Gasteiger partial charge in [0.1, 0.15) is 11.3 Å². The molecule has 108 valence electrons. The SMILES string of the molecule is CC(Cl)c1nc2cc(Cl)cnc2n1C1CCCC1(C)C. The fourth-order valence-electron chi connectivity index (χ4n) is 3.35. The van der Waals surface area contributed by atoms with E-state index < -0.39 is 0 Å². The molecule has 0 spiro atoms. The van der Waals surface area contributed by atoms with Crippen molar-refractivity contribution in [3.63, 3.8) is 0 Å². The van der Waals surface area contributed by atoms with E-state index in [0.29, 0.717) is 11.1 Å². The second-order valence-electron chi connectivity index (χ2n) is 6.35. The zero-order chi connectivity index (χ0) is 14.5. The molecule has 0 saturated heterocycles. The van der Waals surface area contributed by atoms with Crippen LogP contribution in [-0.2, 0) is 0 Å². The summed E-state index contributed by atoms with van der Waals surface area (Å²) in [5, 5.41) is 0.473. The van der Waals surface area contributed by atoms with Crippen molar-refractivity contribution in [1.29, 1.82) is 0 Å². The summed E-state index contributed by atoms with van der Waals surface area (Å²) in [4.78, 5) is 9.17. The molecule has 2 aromatic heterocycles. The Balaban J connectivity index is 2.24. The molecular formula is C15H19Cl2N3. The highest BCUT2D eigenvalue weighted by Gasteiger charge is 2.38. The van der Waals surface area contributed by atoms with Crippen molar-refractivity contribution in [1.82, 2.24) is 14.5 Å². The molecule has 3 rings (SSSR count). The lowest BCUT2D eigenvalue weighted by molar-refractivity contribution is 0.260. The Bertz CT molecular complexity index is 646. The number of imidazole rings is 1. The number of rotatable bonds is 2. The summed E-state index contributed by atoms with van der Waals surface area (Å²) in [7, 11) is 0. The predicted octanol–water partition coefficient (Wildman–Crippen LogP) is 5.14. The van der Waals surface area contributed by atoms with Crippen LogP contribution in [0.15, 0.2) is 12.3 Å². The van der Waals surface area contributed by atoms with E-state index in [2.05, 4.69) is 28.4 Å². The summed E-state index contributed by atoms with van der Waals surface area (Å²) in [5.74, 6) is 0.899. The van der Waals surface area contributed by atoms with Crippen molar-refractivity contribution >= 4 is 34.4 Å². The van der Waals surface area contributed by atoms with Crippen LogP contribution < -0.4 is 0 Å². The molecule has 2 unspecified atom stereocenters. The molecule has 1 aliphatic carbocycles. The monoisotopic (exact) mass is 311 g/mol. The van der Waals surface area contributed by atoms with Crippen molar-refractivity contribution in [3.05, 3.63) is 23.1 Å². The van der Waals surface area contributed by atoms with E-state index in [-0.39, 0.29) is 10.8 Å². The maximum Gasteiger partial charge on any atom is 0.160 e. The normalized spacial score (nSPS) is 23.4. The Morgan fingerprint density at radius 3 is 2.80 bits per heavy atom. The van der Waals surface area contributed by atoms with Gasteiger partial charge in [0.05, 0.1) is 10.4 Å². The van der Waals surface area contributed by atoms with Gasteiger partial charge in [-0.25, -0.2) is 9.97 Å². The van der Waals surface area contributed by atoms with E-state index in [9.17, 15) is 0 Å². The fourth-order valence-corrected chi connectivity index (χ4v) is 3.66. The molecule has 20 heavy (non-hydrogen) atoms. The topological polar surface area (TPSA) is 30.7 Å². The number of pyridine rings is 1. The van der Waals surface area contributed by atoms with Crippen LogP contribution in [-0.4, -0.2) is 14.5 Å². The van der Waals surface area contributed by atoms with Crippen LogP contribution in [0.1, 0.15) is 57.3 Å². The lowest BCUT2D eigenvalue weighted by Gasteiger charge is -2.30. The van der Waals surface area contributed by atoms with Gasteiger partial charge in [-0.1, -0.05) is 31.9 Å². The Morgan fingerprint density at radius 1 is 1.45 bits per heavy atom. The summed E-state index contributed by atoms with van der Waals surface area (Å²) >= 11 is 12.4. The smallest absolute Gasteiger partial charge is 0.160 e. The van der Waals surface area contributed by atoms with Crippen LogP contribution in [0.2, 0.25) is 5.02 Å². The zero-order valence-electron chi connectivity index (χ0n) is 12.0. The molecule has 2 heterocycles. The second kappa shape index (κ2) is 4.88. The molecule has 0 radical (unpaired) electrons. The first-order valence-electron chi connectivity index (χ1n) is 7.07. The number of fused-ring (bicyclic) bond motifs is 1. The highest BCUT2D eigenvalue weighted by molar-refractivity contribution is 6.31. The van der Waals surface area contributed by atoms with Gasteiger partial charge in [-0.15, -0.1) is 11.6 Å². The highest BCUT2D eigenvalue weighted by atomic mass is 35.5. The summed E-state index contributed by atoms with van der Waals surface area (Å²) in [5.41, 5.74) is 1.98. The minimum Gasteiger partial charge on any atom is -0.308 e. The van der Waals surface area contributed by atoms with Crippen LogP contribution in [0.3, 0.4) is 0 Å². The van der Waals surface area contributed by atoms with Crippen molar-refractivity contribution in [2.75, 3.05) is 0 Å². The van der Waals surface area contributed by atoms with Crippen molar-refractivity contribution in [2.24, 2.45) is 5.41 Å². The van der Waals surface area contributed by atoms with Gasteiger partial charge in [0.25, 0.3) is 0 Å². The van der Waals surface area contributed by atoms with Crippen LogP contribution in [0.4, 0.5) is 0 Å². The Labute approximate surface area is 129 Å². The summed E-state index contributed by atoms with van der Waals surface area (Å²) in [6, 6.07) is 2.27. The Kier molecular flexibility index (Phi) is 3.46. The lowest BCUT2D eigenvalue weighted by Crippen LogP contribution is -2.23. The summed E-state index contributed by atoms with van der Waals surface area (Å²) in [6.07, 6.45) is 5.30. The third-order valence-electron chi connectivity index (χ3n) is 4.39. The predicted molar refractivity (Wildman–Crippen MR) is 83.5 cm³/mol. The van der Waals surface area contributed by atoms with Crippen LogP contribution in [0.5, 0.6) is 0 Å². The highest BCUT2D eigenvalue weighted by Crippen LogP contribution is 2.48. The minimum atomic E-state index is -0.139.